The maximum absolute atomic E-state index is 12.9. The van der Waals surface area contributed by atoms with Crippen molar-refractivity contribution in [2.24, 2.45) is 5.92 Å². The van der Waals surface area contributed by atoms with Gasteiger partial charge in [0, 0.05) is 24.6 Å². The standard InChI is InChI=1S/C45H62N4O12/c1-32(2)42(44(53)47-33(3)43(52)48-35-14-12-34(30-50)13-15-35)49-41(51)16-18-55-20-22-57-24-26-59-28-29-60-27-25-58-23-21-56-19-17-46-45(54)61-31-40-38-10-6-4-8-36(38)37-9-5-7-11-39(37)40/h4-15,32-33,40,42,50H,16-31H2,1-3H3,(H,46,54)(H,47,53)(H,48,52)(H,49,51)/t33-,42-/m0/s1. The molecule has 0 fully saturated rings. The third-order valence-corrected chi connectivity index (χ3v) is 9.61. The Kier molecular flexibility index (Phi) is 22.2. The molecule has 0 bridgehead atoms. The second kappa shape index (κ2) is 27.8. The highest BCUT2D eigenvalue weighted by Crippen LogP contribution is 2.44. The Labute approximate surface area is 358 Å². The maximum Gasteiger partial charge on any atom is 0.407 e. The summed E-state index contributed by atoms with van der Waals surface area (Å²) in [6, 6.07) is 21.5. The van der Waals surface area contributed by atoms with E-state index in [0.29, 0.717) is 90.5 Å². The second-order valence-corrected chi connectivity index (χ2v) is 14.5. The lowest BCUT2D eigenvalue weighted by molar-refractivity contribution is -0.132. The number of hydrogen-bond donors (Lipinski definition) is 5. The van der Waals surface area contributed by atoms with Crippen LogP contribution >= 0.6 is 0 Å². The third kappa shape index (κ3) is 17.5. The monoisotopic (exact) mass is 850 g/mol. The van der Waals surface area contributed by atoms with Crippen LogP contribution in [0.15, 0.2) is 72.8 Å². The molecule has 0 saturated heterocycles. The first-order chi connectivity index (χ1) is 29.7. The Morgan fingerprint density at radius 2 is 1.10 bits per heavy atom. The van der Waals surface area contributed by atoms with Gasteiger partial charge in [0.15, 0.2) is 0 Å². The molecule has 4 rings (SSSR count). The molecule has 5 N–H and O–H groups in total. The van der Waals surface area contributed by atoms with Gasteiger partial charge < -0.3 is 59.5 Å². The molecular weight excluding hydrogens is 789 g/mol. The van der Waals surface area contributed by atoms with Crippen molar-refractivity contribution in [3.63, 3.8) is 0 Å². The highest BCUT2D eigenvalue weighted by molar-refractivity contribution is 5.98. The van der Waals surface area contributed by atoms with Gasteiger partial charge in [0.25, 0.3) is 0 Å². The largest absolute Gasteiger partial charge is 0.449 e. The average molecular weight is 851 g/mol. The summed E-state index contributed by atoms with van der Waals surface area (Å²) in [5, 5.41) is 20.0. The highest BCUT2D eigenvalue weighted by atomic mass is 16.6. The zero-order valence-electron chi connectivity index (χ0n) is 35.5. The van der Waals surface area contributed by atoms with Crippen LogP contribution in [-0.2, 0) is 54.1 Å². The van der Waals surface area contributed by atoms with Gasteiger partial charge in [-0.15, -0.1) is 0 Å². The lowest BCUT2D eigenvalue weighted by atomic mass is 9.98. The summed E-state index contributed by atoms with van der Waals surface area (Å²) in [5.74, 6) is -1.42. The molecule has 4 amide bonds. The van der Waals surface area contributed by atoms with E-state index in [0.717, 1.165) is 0 Å². The predicted octanol–water partition coefficient (Wildman–Crippen LogP) is 3.79. The fourth-order valence-electron chi connectivity index (χ4n) is 6.33. The number of nitrogens with one attached hydrogen (secondary N) is 4. The van der Waals surface area contributed by atoms with Gasteiger partial charge in [-0.25, -0.2) is 4.79 Å². The Balaban J connectivity index is 0.883. The molecule has 16 heteroatoms. The van der Waals surface area contributed by atoms with Crippen molar-refractivity contribution in [3.05, 3.63) is 89.5 Å². The summed E-state index contributed by atoms with van der Waals surface area (Å²) in [6.45, 7) is 10.0. The molecule has 1 aliphatic rings. The lowest BCUT2D eigenvalue weighted by Gasteiger charge is -2.24. The highest BCUT2D eigenvalue weighted by Gasteiger charge is 2.29. The van der Waals surface area contributed by atoms with Crippen LogP contribution < -0.4 is 21.3 Å². The first-order valence-corrected chi connectivity index (χ1v) is 20.8. The molecule has 0 spiro atoms. The summed E-state index contributed by atoms with van der Waals surface area (Å²) in [5.41, 5.74) is 5.96. The molecular formula is C45H62N4O12. The van der Waals surface area contributed by atoms with E-state index in [4.69, 9.17) is 33.2 Å². The van der Waals surface area contributed by atoms with Crippen molar-refractivity contribution in [1.82, 2.24) is 16.0 Å². The molecule has 0 aliphatic heterocycles. The number of amides is 4. The van der Waals surface area contributed by atoms with Crippen LogP contribution in [0.1, 0.15) is 49.8 Å². The van der Waals surface area contributed by atoms with Crippen LogP contribution in [0.5, 0.6) is 0 Å². The predicted molar refractivity (Wildman–Crippen MR) is 228 cm³/mol. The molecule has 2 atom stereocenters. The summed E-state index contributed by atoms with van der Waals surface area (Å²) in [7, 11) is 0. The van der Waals surface area contributed by atoms with Crippen molar-refractivity contribution in [2.45, 2.75) is 51.8 Å². The van der Waals surface area contributed by atoms with Crippen LogP contribution in [0.2, 0.25) is 0 Å². The van der Waals surface area contributed by atoms with E-state index >= 15 is 0 Å². The Hall–Kier alpha value is -4.94. The maximum atomic E-state index is 12.9. The number of carbonyl (C=O) groups is 4. The summed E-state index contributed by atoms with van der Waals surface area (Å²) < 4.78 is 38.6. The molecule has 16 nitrogen and oxygen atoms in total. The third-order valence-electron chi connectivity index (χ3n) is 9.61. The molecule has 61 heavy (non-hydrogen) atoms. The van der Waals surface area contributed by atoms with Crippen molar-refractivity contribution in [1.29, 1.82) is 0 Å². The molecule has 3 aromatic rings. The Morgan fingerprint density at radius 1 is 0.607 bits per heavy atom. The molecule has 0 unspecified atom stereocenters. The van der Waals surface area contributed by atoms with Gasteiger partial charge in [-0.3, -0.25) is 14.4 Å². The molecule has 334 valence electrons. The fourth-order valence-corrected chi connectivity index (χ4v) is 6.33. The lowest BCUT2D eigenvalue weighted by Crippen LogP contribution is -2.53. The molecule has 0 heterocycles. The number of benzene rings is 3. The topological polar surface area (TPSA) is 201 Å². The number of fused-ring (bicyclic) bond motifs is 3. The van der Waals surface area contributed by atoms with Crippen LogP contribution in [0.4, 0.5) is 10.5 Å². The van der Waals surface area contributed by atoms with Crippen molar-refractivity contribution in [2.75, 3.05) is 97.8 Å². The number of hydrogen-bond acceptors (Lipinski definition) is 12. The van der Waals surface area contributed by atoms with Crippen LogP contribution in [-0.4, -0.2) is 133 Å². The number of aliphatic hydroxyl groups excluding tert-OH is 1. The normalized spacial score (nSPS) is 12.9. The summed E-state index contributed by atoms with van der Waals surface area (Å²) >= 11 is 0. The van der Waals surface area contributed by atoms with E-state index in [-0.39, 0.29) is 44.0 Å². The van der Waals surface area contributed by atoms with Crippen LogP contribution in [0.3, 0.4) is 0 Å². The zero-order valence-corrected chi connectivity index (χ0v) is 35.5. The molecule has 3 aromatic carbocycles. The average Bonchev–Trinajstić information content (AvgIpc) is 3.58. The number of carbonyl (C=O) groups excluding carboxylic acids is 4. The van der Waals surface area contributed by atoms with Crippen molar-refractivity contribution in [3.8, 4) is 11.1 Å². The smallest absolute Gasteiger partial charge is 0.407 e. The summed E-state index contributed by atoms with van der Waals surface area (Å²) in [4.78, 5) is 50.3. The van der Waals surface area contributed by atoms with Gasteiger partial charge in [0.2, 0.25) is 17.7 Å². The number of ether oxygens (including phenoxy) is 7. The number of anilines is 1. The minimum Gasteiger partial charge on any atom is -0.449 e. The second-order valence-electron chi connectivity index (χ2n) is 14.5. The fraction of sp³-hybridized carbons (Fsp3) is 0.511. The van der Waals surface area contributed by atoms with E-state index in [1.807, 2.05) is 24.3 Å². The molecule has 0 radical (unpaired) electrons. The van der Waals surface area contributed by atoms with E-state index in [1.165, 1.54) is 22.3 Å². The molecule has 1 aliphatic carbocycles. The van der Waals surface area contributed by atoms with Gasteiger partial charge in [-0.05, 0) is 52.8 Å². The zero-order chi connectivity index (χ0) is 43.7. The van der Waals surface area contributed by atoms with Gasteiger partial charge >= 0.3 is 6.09 Å². The number of aliphatic hydroxyl groups is 1. The first kappa shape index (κ1) is 48.7. The van der Waals surface area contributed by atoms with Gasteiger partial charge in [0.05, 0.1) is 85.9 Å². The van der Waals surface area contributed by atoms with Gasteiger partial charge in [-0.1, -0.05) is 74.5 Å². The number of rotatable bonds is 30. The Morgan fingerprint density at radius 3 is 1.61 bits per heavy atom. The van der Waals surface area contributed by atoms with E-state index < -0.39 is 30.0 Å². The van der Waals surface area contributed by atoms with Crippen LogP contribution in [0, 0.1) is 5.92 Å². The number of alkyl carbamates (subject to hydrolysis) is 1. The van der Waals surface area contributed by atoms with E-state index in [2.05, 4.69) is 45.5 Å². The van der Waals surface area contributed by atoms with Crippen molar-refractivity contribution >= 4 is 29.5 Å². The van der Waals surface area contributed by atoms with Crippen LogP contribution in [0.25, 0.3) is 11.1 Å². The first-order valence-electron chi connectivity index (χ1n) is 20.8. The molecule has 0 saturated carbocycles. The van der Waals surface area contributed by atoms with E-state index in [1.54, 1.807) is 45.0 Å². The van der Waals surface area contributed by atoms with Gasteiger partial charge in [0.1, 0.15) is 18.7 Å². The van der Waals surface area contributed by atoms with E-state index in [9.17, 15) is 24.3 Å². The van der Waals surface area contributed by atoms with Crippen molar-refractivity contribution < 1.29 is 57.4 Å². The molecule has 0 aromatic heterocycles. The SMILES string of the molecule is CC(C)[C@H](NC(=O)CCOCCOCCOCCOCCOCCOCCNC(=O)OCC1c2ccccc2-c2ccccc21)C(=O)N[C@@H](C)C(=O)Nc1ccc(CO)cc1. The summed E-state index contributed by atoms with van der Waals surface area (Å²) in [6.07, 6.45) is -0.413. The van der Waals surface area contributed by atoms with Gasteiger partial charge in [-0.2, -0.15) is 0 Å². The minimum absolute atomic E-state index is 0.0181. The minimum atomic E-state index is -0.844. The quantitative estimate of drug-likeness (QED) is 0.0609. The Bertz CT molecular complexity index is 1730.